The number of nitriles is 1. The first-order valence-electron chi connectivity index (χ1n) is 11.0. The number of ether oxygens (including phenoxy) is 1. The quantitative estimate of drug-likeness (QED) is 0.309. The van der Waals surface area contributed by atoms with Crippen LogP contribution in [0.2, 0.25) is 0 Å². The smallest absolute Gasteiger partial charge is 0.213 e. The Balaban J connectivity index is 1.93. The van der Waals surface area contributed by atoms with Crippen molar-refractivity contribution < 1.29 is 13.9 Å². The van der Waals surface area contributed by atoms with Crippen LogP contribution >= 0.6 is 0 Å². The second-order valence-electron chi connectivity index (χ2n) is 7.94. The molecule has 1 saturated carbocycles. The molecule has 1 heterocycles. The molecule has 0 unspecified atom stereocenters. The average molecular weight is 462 g/mol. The van der Waals surface area contributed by atoms with Crippen molar-refractivity contribution in [1.29, 1.82) is 5.26 Å². The molecule has 1 amide bonds. The van der Waals surface area contributed by atoms with Gasteiger partial charge in [-0.25, -0.2) is 9.07 Å². The maximum Gasteiger partial charge on any atom is 0.213 e. The van der Waals surface area contributed by atoms with E-state index in [9.17, 15) is 14.4 Å². The molecule has 0 radical (unpaired) electrons. The number of halogens is 1. The zero-order valence-corrected chi connectivity index (χ0v) is 19.3. The van der Waals surface area contributed by atoms with Crippen molar-refractivity contribution in [3.05, 3.63) is 89.3 Å². The number of amides is 1. The highest BCUT2D eigenvalue weighted by Gasteiger charge is 2.21. The summed E-state index contributed by atoms with van der Waals surface area (Å²) in [5.74, 6) is 0.0682. The molecular formula is C26H28FN5O2. The Morgan fingerprint density at radius 3 is 2.88 bits per heavy atom. The van der Waals surface area contributed by atoms with Crippen LogP contribution in [0.1, 0.15) is 30.9 Å². The number of nitrogens with two attached hydrogens (primary N) is 1. The number of carbonyl (C=O) groups excluding carboxylic acids is 1. The van der Waals surface area contributed by atoms with Crippen LogP contribution < -0.4 is 5.73 Å². The molecule has 0 atom stereocenters. The van der Waals surface area contributed by atoms with Crippen molar-refractivity contribution in [2.45, 2.75) is 19.8 Å². The van der Waals surface area contributed by atoms with Gasteiger partial charge in [0, 0.05) is 43.4 Å². The fourth-order valence-electron chi connectivity index (χ4n) is 3.42. The summed E-state index contributed by atoms with van der Waals surface area (Å²) in [5.41, 5.74) is 9.01. The molecule has 7 nitrogen and oxygen atoms in total. The molecule has 3 rings (SSSR count). The second kappa shape index (κ2) is 11.8. The SMILES string of the molecule is C/C=C(C(/C=C\COCC1CC1)=C/N)\C(=C/N(C)C=O)c1cnn(-c2cccc(F)c2C#N)c1. The molecule has 176 valence electrons. The lowest BCUT2D eigenvalue weighted by Gasteiger charge is -2.15. The van der Waals surface area contributed by atoms with E-state index in [2.05, 4.69) is 5.10 Å². The number of rotatable bonds is 11. The van der Waals surface area contributed by atoms with E-state index in [-0.39, 0.29) is 5.56 Å². The molecule has 2 aromatic rings. The minimum Gasteiger partial charge on any atom is -0.404 e. The van der Waals surface area contributed by atoms with Gasteiger partial charge in [-0.3, -0.25) is 4.79 Å². The van der Waals surface area contributed by atoms with Gasteiger partial charge in [-0.05, 0) is 49.0 Å². The average Bonchev–Trinajstić information content (AvgIpc) is 3.55. The van der Waals surface area contributed by atoms with Gasteiger partial charge in [0.15, 0.2) is 0 Å². The minimum absolute atomic E-state index is 0.101. The highest BCUT2D eigenvalue weighted by Crippen LogP contribution is 2.31. The Morgan fingerprint density at radius 2 is 2.24 bits per heavy atom. The molecule has 1 aromatic heterocycles. The molecule has 1 aliphatic rings. The predicted octanol–water partition coefficient (Wildman–Crippen LogP) is 4.08. The van der Waals surface area contributed by atoms with Crippen molar-refractivity contribution >= 4 is 12.0 Å². The summed E-state index contributed by atoms with van der Waals surface area (Å²) in [6.07, 6.45) is 15.3. The van der Waals surface area contributed by atoms with E-state index in [0.717, 1.165) is 17.8 Å². The molecule has 8 heteroatoms. The summed E-state index contributed by atoms with van der Waals surface area (Å²) >= 11 is 0. The summed E-state index contributed by atoms with van der Waals surface area (Å²) in [4.78, 5) is 12.8. The minimum atomic E-state index is -0.620. The molecule has 0 bridgehead atoms. The fourth-order valence-corrected chi connectivity index (χ4v) is 3.42. The normalized spacial score (nSPS) is 14.9. The van der Waals surface area contributed by atoms with Gasteiger partial charge in [-0.1, -0.05) is 24.3 Å². The Hall–Kier alpha value is -3.96. The Labute approximate surface area is 198 Å². The molecule has 1 fully saturated rings. The zero-order chi connectivity index (χ0) is 24.5. The molecule has 1 aliphatic carbocycles. The molecule has 1 aromatic carbocycles. The molecule has 2 N–H and O–H groups in total. The van der Waals surface area contributed by atoms with Crippen LogP contribution in [0, 0.1) is 23.1 Å². The number of aromatic nitrogens is 2. The lowest BCUT2D eigenvalue weighted by Crippen LogP contribution is -2.09. The van der Waals surface area contributed by atoms with Crippen molar-refractivity contribution in [2.75, 3.05) is 20.3 Å². The van der Waals surface area contributed by atoms with E-state index in [1.54, 1.807) is 31.7 Å². The van der Waals surface area contributed by atoms with Crippen LogP contribution in [0.25, 0.3) is 11.3 Å². The molecule has 0 spiro atoms. The van der Waals surface area contributed by atoms with Gasteiger partial charge in [0.1, 0.15) is 17.4 Å². The first-order chi connectivity index (χ1) is 16.5. The lowest BCUT2D eigenvalue weighted by atomic mass is 9.94. The third kappa shape index (κ3) is 6.09. The number of hydrogen-bond acceptors (Lipinski definition) is 5. The van der Waals surface area contributed by atoms with E-state index < -0.39 is 5.82 Å². The predicted molar refractivity (Wildman–Crippen MR) is 129 cm³/mol. The van der Waals surface area contributed by atoms with Crippen molar-refractivity contribution in [1.82, 2.24) is 14.7 Å². The van der Waals surface area contributed by atoms with E-state index in [1.807, 2.05) is 31.2 Å². The van der Waals surface area contributed by atoms with Gasteiger partial charge in [0.25, 0.3) is 0 Å². The van der Waals surface area contributed by atoms with E-state index in [1.165, 1.54) is 40.8 Å². The summed E-state index contributed by atoms with van der Waals surface area (Å²) in [6, 6.07) is 6.25. The maximum atomic E-state index is 14.1. The maximum absolute atomic E-state index is 14.1. The lowest BCUT2D eigenvalue weighted by molar-refractivity contribution is -0.114. The number of carbonyl (C=O) groups is 1. The number of nitrogens with zero attached hydrogens (tertiary/aromatic N) is 4. The highest BCUT2D eigenvalue weighted by atomic mass is 19.1. The second-order valence-corrected chi connectivity index (χ2v) is 7.94. The molecule has 0 saturated heterocycles. The Morgan fingerprint density at radius 1 is 1.44 bits per heavy atom. The van der Waals surface area contributed by atoms with Gasteiger partial charge >= 0.3 is 0 Å². The molecule has 34 heavy (non-hydrogen) atoms. The van der Waals surface area contributed by atoms with Gasteiger partial charge in [0.05, 0.1) is 18.5 Å². The number of hydrogen-bond donors (Lipinski definition) is 1. The van der Waals surface area contributed by atoms with Crippen LogP contribution in [-0.2, 0) is 9.53 Å². The largest absolute Gasteiger partial charge is 0.404 e. The van der Waals surface area contributed by atoms with Gasteiger partial charge in [0.2, 0.25) is 6.41 Å². The number of allylic oxidation sites excluding steroid dienone is 5. The standard InChI is InChI=1S/C26H28FN5O2/c1-3-22(20(12-28)6-5-11-34-17-19-9-10-19)24(16-31(2)18-33)21-14-30-32(15-21)26-8-4-7-25(27)23(26)13-29/h3-8,12,14-16,18-19H,9-11,17,28H2,1-2H3/b6-5-,20-12+,22-3-,24-16-. The van der Waals surface area contributed by atoms with Crippen molar-refractivity contribution in [3.63, 3.8) is 0 Å². The van der Waals surface area contributed by atoms with E-state index in [4.69, 9.17) is 10.5 Å². The summed E-state index contributed by atoms with van der Waals surface area (Å²) < 4.78 is 21.2. The van der Waals surface area contributed by atoms with Crippen LogP contribution in [0.5, 0.6) is 0 Å². The van der Waals surface area contributed by atoms with Crippen LogP contribution in [0.3, 0.4) is 0 Å². The van der Waals surface area contributed by atoms with Crippen molar-refractivity contribution in [3.8, 4) is 11.8 Å². The monoisotopic (exact) mass is 461 g/mol. The van der Waals surface area contributed by atoms with Crippen LogP contribution in [0.4, 0.5) is 4.39 Å². The summed E-state index contributed by atoms with van der Waals surface area (Å²) in [5, 5.41) is 13.7. The van der Waals surface area contributed by atoms with Gasteiger partial charge < -0.3 is 15.4 Å². The van der Waals surface area contributed by atoms with Crippen LogP contribution in [-0.4, -0.2) is 41.4 Å². The van der Waals surface area contributed by atoms with Crippen molar-refractivity contribution in [2.24, 2.45) is 11.7 Å². The van der Waals surface area contributed by atoms with Gasteiger partial charge in [-0.15, -0.1) is 0 Å². The van der Waals surface area contributed by atoms with Gasteiger partial charge in [-0.2, -0.15) is 10.4 Å². The summed E-state index contributed by atoms with van der Waals surface area (Å²) in [7, 11) is 1.62. The first kappa shape index (κ1) is 24.7. The fraction of sp³-hybridized carbons (Fsp3) is 0.269. The third-order valence-corrected chi connectivity index (χ3v) is 5.37. The Kier molecular flexibility index (Phi) is 8.54. The topological polar surface area (TPSA) is 97.2 Å². The zero-order valence-electron chi connectivity index (χ0n) is 19.3. The van der Waals surface area contributed by atoms with E-state index in [0.29, 0.717) is 35.8 Å². The highest BCUT2D eigenvalue weighted by molar-refractivity contribution is 5.85. The van der Waals surface area contributed by atoms with Crippen LogP contribution in [0.15, 0.2) is 72.4 Å². The first-order valence-corrected chi connectivity index (χ1v) is 11.0. The number of benzene rings is 1. The molecule has 0 aliphatic heterocycles. The summed E-state index contributed by atoms with van der Waals surface area (Å²) in [6.45, 7) is 3.12. The third-order valence-electron chi connectivity index (χ3n) is 5.37. The molecular weight excluding hydrogens is 433 g/mol. The Bertz CT molecular complexity index is 1180. The van der Waals surface area contributed by atoms with E-state index >= 15 is 0 Å².